The van der Waals surface area contributed by atoms with Crippen molar-refractivity contribution in [3.8, 4) is 34.0 Å². The first-order chi connectivity index (χ1) is 12.5. The van der Waals surface area contributed by atoms with Crippen molar-refractivity contribution >= 4 is 12.3 Å². The van der Waals surface area contributed by atoms with Gasteiger partial charge in [0.05, 0.1) is 5.69 Å². The third-order valence-electron chi connectivity index (χ3n) is 3.44. The lowest BCUT2D eigenvalue weighted by Crippen LogP contribution is -2.10. The van der Waals surface area contributed by atoms with Gasteiger partial charge in [0.15, 0.2) is 5.75 Å². The molecule has 0 amide bonds. The molecular weight excluding hydrogens is 338 g/mol. The Morgan fingerprint density at radius 2 is 1.31 bits per heavy atom. The summed E-state index contributed by atoms with van der Waals surface area (Å²) in [5.74, 6) is -0.543. The maximum absolute atomic E-state index is 11.1. The summed E-state index contributed by atoms with van der Waals surface area (Å²) in [5, 5.41) is 18.0. The quantitative estimate of drug-likeness (QED) is 0.665. The molecule has 2 N–H and O–H groups in total. The number of hydrogen-bond acceptors (Lipinski definition) is 5. The zero-order chi connectivity index (χ0) is 18.5. The van der Waals surface area contributed by atoms with Crippen LogP contribution in [0.15, 0.2) is 66.7 Å². The lowest BCUT2D eigenvalue weighted by atomic mass is 10.1. The number of ether oxygens (including phenoxy) is 2. The minimum absolute atomic E-state index is 0.158. The second-order valence-corrected chi connectivity index (χ2v) is 5.15. The Balaban J connectivity index is 2.27. The number of carboxylic acid groups (broad SMARTS) is 2. The largest absolute Gasteiger partial charge is 0.511 e. The van der Waals surface area contributed by atoms with E-state index < -0.39 is 12.3 Å². The van der Waals surface area contributed by atoms with E-state index in [4.69, 9.17) is 19.7 Å². The lowest BCUT2D eigenvalue weighted by Gasteiger charge is -2.14. The summed E-state index contributed by atoms with van der Waals surface area (Å²) >= 11 is 0. The van der Waals surface area contributed by atoms with Gasteiger partial charge in [0.2, 0.25) is 5.75 Å². The SMILES string of the molecule is O=C(O)Oc1cc(-c2ccccc2)nc(-c2ccccc2)c1OC(=O)O. The van der Waals surface area contributed by atoms with Crippen LogP contribution in [0.2, 0.25) is 0 Å². The van der Waals surface area contributed by atoms with Gasteiger partial charge in [-0.1, -0.05) is 60.7 Å². The molecule has 0 fully saturated rings. The number of nitrogens with zero attached hydrogens (tertiary/aromatic N) is 1. The second-order valence-electron chi connectivity index (χ2n) is 5.15. The van der Waals surface area contributed by atoms with E-state index in [9.17, 15) is 9.59 Å². The van der Waals surface area contributed by atoms with E-state index in [-0.39, 0.29) is 17.2 Å². The van der Waals surface area contributed by atoms with E-state index in [1.165, 1.54) is 6.07 Å². The highest BCUT2D eigenvalue weighted by Gasteiger charge is 2.22. The average molecular weight is 351 g/mol. The highest BCUT2D eigenvalue weighted by Crippen LogP contribution is 2.40. The maximum Gasteiger partial charge on any atom is 0.511 e. The molecule has 1 heterocycles. The Labute approximate surface area is 148 Å². The van der Waals surface area contributed by atoms with Gasteiger partial charge in [0, 0.05) is 17.2 Å². The van der Waals surface area contributed by atoms with Crippen molar-refractivity contribution in [2.45, 2.75) is 0 Å². The molecule has 0 unspecified atom stereocenters. The van der Waals surface area contributed by atoms with Crippen molar-refractivity contribution in [1.82, 2.24) is 4.98 Å². The Kier molecular flexibility index (Phi) is 4.80. The zero-order valence-corrected chi connectivity index (χ0v) is 13.3. The number of rotatable bonds is 4. The number of pyridine rings is 1. The average Bonchev–Trinajstić information content (AvgIpc) is 2.63. The maximum atomic E-state index is 11.1. The van der Waals surface area contributed by atoms with Crippen LogP contribution in [0.25, 0.3) is 22.5 Å². The Morgan fingerprint density at radius 1 is 0.769 bits per heavy atom. The molecular formula is C19H13NO6. The van der Waals surface area contributed by atoms with Crippen LogP contribution in [0.1, 0.15) is 0 Å². The van der Waals surface area contributed by atoms with Crippen LogP contribution in [-0.4, -0.2) is 27.5 Å². The third-order valence-corrected chi connectivity index (χ3v) is 3.44. The molecule has 3 aromatic rings. The van der Waals surface area contributed by atoms with Crippen molar-refractivity contribution in [1.29, 1.82) is 0 Å². The molecule has 0 aliphatic carbocycles. The number of benzene rings is 2. The van der Waals surface area contributed by atoms with E-state index in [0.29, 0.717) is 16.8 Å². The summed E-state index contributed by atoms with van der Waals surface area (Å²) in [7, 11) is 0. The predicted molar refractivity (Wildman–Crippen MR) is 92.4 cm³/mol. The summed E-state index contributed by atoms with van der Waals surface area (Å²) in [4.78, 5) is 26.6. The first-order valence-corrected chi connectivity index (χ1v) is 7.52. The molecule has 7 heteroatoms. The fourth-order valence-electron chi connectivity index (χ4n) is 2.41. The smallest absolute Gasteiger partial charge is 0.449 e. The molecule has 0 radical (unpaired) electrons. The van der Waals surface area contributed by atoms with Crippen LogP contribution in [0.3, 0.4) is 0 Å². The molecule has 26 heavy (non-hydrogen) atoms. The van der Waals surface area contributed by atoms with Crippen molar-refractivity contribution in [2.24, 2.45) is 0 Å². The molecule has 0 spiro atoms. The molecule has 0 saturated carbocycles. The first kappa shape index (κ1) is 17.0. The number of aromatic nitrogens is 1. The van der Waals surface area contributed by atoms with Gasteiger partial charge in [-0.25, -0.2) is 14.6 Å². The minimum Gasteiger partial charge on any atom is -0.449 e. The van der Waals surface area contributed by atoms with Gasteiger partial charge in [-0.2, -0.15) is 0 Å². The molecule has 0 saturated heterocycles. The highest BCUT2D eigenvalue weighted by molar-refractivity contribution is 5.79. The van der Waals surface area contributed by atoms with E-state index in [1.54, 1.807) is 54.6 Å². The zero-order valence-electron chi connectivity index (χ0n) is 13.3. The molecule has 0 atom stereocenters. The van der Waals surface area contributed by atoms with Crippen LogP contribution >= 0.6 is 0 Å². The van der Waals surface area contributed by atoms with Crippen LogP contribution in [0.4, 0.5) is 9.59 Å². The van der Waals surface area contributed by atoms with Gasteiger partial charge in [-0.3, -0.25) is 0 Å². The fourth-order valence-corrected chi connectivity index (χ4v) is 2.41. The van der Waals surface area contributed by atoms with Crippen molar-refractivity contribution in [3.63, 3.8) is 0 Å². The standard InChI is InChI=1S/C19H13NO6/c21-18(22)25-15-11-14(12-7-3-1-4-8-12)20-16(17(15)26-19(23)24)13-9-5-2-6-10-13/h1-11H,(H,21,22)(H,23,24). The third kappa shape index (κ3) is 3.78. The monoisotopic (exact) mass is 351 g/mol. The van der Waals surface area contributed by atoms with Gasteiger partial charge in [0.1, 0.15) is 5.69 Å². The predicted octanol–water partition coefficient (Wildman–Crippen LogP) is 4.53. The topological polar surface area (TPSA) is 106 Å². The molecule has 3 rings (SSSR count). The molecule has 130 valence electrons. The van der Waals surface area contributed by atoms with Gasteiger partial charge >= 0.3 is 12.3 Å². The molecule has 0 aliphatic heterocycles. The second kappa shape index (κ2) is 7.35. The van der Waals surface area contributed by atoms with Crippen LogP contribution in [0.5, 0.6) is 11.5 Å². The molecule has 0 bridgehead atoms. The Hall–Kier alpha value is -3.87. The van der Waals surface area contributed by atoms with Crippen LogP contribution in [0, 0.1) is 0 Å². The highest BCUT2D eigenvalue weighted by atomic mass is 16.7. The minimum atomic E-state index is -1.60. The van der Waals surface area contributed by atoms with Gasteiger partial charge < -0.3 is 19.7 Å². The van der Waals surface area contributed by atoms with Crippen molar-refractivity contribution < 1.29 is 29.3 Å². The molecule has 0 aliphatic rings. The Bertz CT molecular complexity index is 941. The van der Waals surface area contributed by atoms with Crippen molar-refractivity contribution in [2.75, 3.05) is 0 Å². The summed E-state index contributed by atoms with van der Waals surface area (Å²) < 4.78 is 9.55. The van der Waals surface area contributed by atoms with Gasteiger partial charge in [0.25, 0.3) is 0 Å². The summed E-state index contributed by atoms with van der Waals surface area (Å²) in [6, 6.07) is 19.0. The summed E-state index contributed by atoms with van der Waals surface area (Å²) in [5.41, 5.74) is 1.84. The van der Waals surface area contributed by atoms with E-state index in [2.05, 4.69) is 4.98 Å². The first-order valence-electron chi connectivity index (χ1n) is 7.52. The molecule has 1 aromatic heterocycles. The van der Waals surface area contributed by atoms with Crippen molar-refractivity contribution in [3.05, 3.63) is 66.7 Å². The lowest BCUT2D eigenvalue weighted by molar-refractivity contribution is 0.133. The normalized spacial score (nSPS) is 10.2. The summed E-state index contributed by atoms with van der Waals surface area (Å²) in [6.07, 6.45) is -3.20. The molecule has 2 aromatic carbocycles. The van der Waals surface area contributed by atoms with E-state index in [1.807, 2.05) is 6.07 Å². The van der Waals surface area contributed by atoms with E-state index in [0.717, 1.165) is 0 Å². The molecule has 7 nitrogen and oxygen atoms in total. The number of carbonyl (C=O) groups is 2. The Morgan fingerprint density at radius 3 is 1.85 bits per heavy atom. The summed E-state index contributed by atoms with van der Waals surface area (Å²) in [6.45, 7) is 0. The fraction of sp³-hybridized carbons (Fsp3) is 0. The van der Waals surface area contributed by atoms with Gasteiger partial charge in [-0.05, 0) is 0 Å². The van der Waals surface area contributed by atoms with Gasteiger partial charge in [-0.15, -0.1) is 0 Å². The van der Waals surface area contributed by atoms with E-state index >= 15 is 0 Å². The van der Waals surface area contributed by atoms with Crippen LogP contribution in [-0.2, 0) is 0 Å². The number of hydrogen-bond donors (Lipinski definition) is 2. The van der Waals surface area contributed by atoms with Crippen LogP contribution < -0.4 is 9.47 Å².